The third-order valence-corrected chi connectivity index (χ3v) is 5.30. The molecule has 1 saturated heterocycles. The van der Waals surface area contributed by atoms with Gasteiger partial charge in [0.05, 0.1) is 24.3 Å². The van der Waals surface area contributed by atoms with E-state index in [1.54, 1.807) is 24.6 Å². The Kier molecular flexibility index (Phi) is 4.78. The fraction of sp³-hybridized carbons (Fsp3) is 0.158. The molecule has 1 aliphatic rings. The SMILES string of the molecule is CS(=O)(=O)Nc1ccc(N2C(=S)N[C@H](c3ccccn3)[C@@H]2c2ccco2)cc1. The maximum atomic E-state index is 11.4. The number of hydrogen-bond donors (Lipinski definition) is 2. The minimum absolute atomic E-state index is 0.186. The highest BCUT2D eigenvalue weighted by molar-refractivity contribution is 7.92. The van der Waals surface area contributed by atoms with E-state index in [0.29, 0.717) is 10.8 Å². The Balaban J connectivity index is 1.71. The second-order valence-electron chi connectivity index (χ2n) is 6.43. The first-order chi connectivity index (χ1) is 13.4. The monoisotopic (exact) mass is 414 g/mol. The van der Waals surface area contributed by atoms with E-state index in [1.165, 1.54) is 0 Å². The molecule has 0 bridgehead atoms. The van der Waals surface area contributed by atoms with Crippen molar-refractivity contribution in [2.75, 3.05) is 15.9 Å². The predicted octanol–water partition coefficient (Wildman–Crippen LogP) is 3.22. The van der Waals surface area contributed by atoms with Gasteiger partial charge in [-0.25, -0.2) is 8.42 Å². The fourth-order valence-corrected chi connectivity index (χ4v) is 4.20. The second-order valence-corrected chi connectivity index (χ2v) is 8.57. The minimum atomic E-state index is -3.34. The van der Waals surface area contributed by atoms with Crippen LogP contribution in [0.5, 0.6) is 0 Å². The van der Waals surface area contributed by atoms with E-state index in [9.17, 15) is 8.42 Å². The molecule has 4 rings (SSSR count). The molecule has 3 heterocycles. The molecular weight excluding hydrogens is 396 g/mol. The molecule has 0 saturated carbocycles. The van der Waals surface area contributed by atoms with Gasteiger partial charge >= 0.3 is 0 Å². The molecule has 1 aromatic carbocycles. The summed E-state index contributed by atoms with van der Waals surface area (Å²) in [4.78, 5) is 6.43. The van der Waals surface area contributed by atoms with Gasteiger partial charge in [-0.05, 0) is 60.7 Å². The molecule has 0 radical (unpaired) electrons. The van der Waals surface area contributed by atoms with Gasteiger partial charge in [-0.2, -0.15) is 0 Å². The third kappa shape index (κ3) is 3.71. The highest BCUT2D eigenvalue weighted by Gasteiger charge is 2.42. The molecule has 0 spiro atoms. The molecular formula is C19H18N4O3S2. The van der Waals surface area contributed by atoms with E-state index in [1.807, 2.05) is 47.4 Å². The van der Waals surface area contributed by atoms with Crippen LogP contribution in [-0.2, 0) is 10.0 Å². The zero-order valence-corrected chi connectivity index (χ0v) is 16.6. The van der Waals surface area contributed by atoms with E-state index >= 15 is 0 Å². The van der Waals surface area contributed by atoms with Gasteiger partial charge in [-0.1, -0.05) is 6.07 Å². The van der Waals surface area contributed by atoms with Gasteiger partial charge < -0.3 is 14.6 Å². The second kappa shape index (κ2) is 7.25. The van der Waals surface area contributed by atoms with Crippen LogP contribution in [-0.4, -0.2) is 24.8 Å². The lowest BCUT2D eigenvalue weighted by Crippen LogP contribution is -2.29. The first-order valence-electron chi connectivity index (χ1n) is 8.54. The van der Waals surface area contributed by atoms with Gasteiger partial charge in [-0.15, -0.1) is 0 Å². The molecule has 3 aromatic rings. The molecule has 1 fully saturated rings. The number of anilines is 2. The van der Waals surface area contributed by atoms with Crippen molar-refractivity contribution in [1.29, 1.82) is 0 Å². The van der Waals surface area contributed by atoms with Crippen LogP contribution >= 0.6 is 12.2 Å². The maximum absolute atomic E-state index is 11.4. The summed E-state index contributed by atoms with van der Waals surface area (Å²) in [7, 11) is -3.34. The van der Waals surface area contributed by atoms with Crippen LogP contribution in [0.3, 0.4) is 0 Å². The van der Waals surface area contributed by atoms with E-state index in [2.05, 4.69) is 15.0 Å². The molecule has 28 heavy (non-hydrogen) atoms. The van der Waals surface area contributed by atoms with Crippen LogP contribution in [0.4, 0.5) is 11.4 Å². The Morgan fingerprint density at radius 2 is 1.93 bits per heavy atom. The molecule has 0 unspecified atom stereocenters. The molecule has 144 valence electrons. The number of benzene rings is 1. The largest absolute Gasteiger partial charge is 0.467 e. The van der Waals surface area contributed by atoms with Crippen LogP contribution in [0.25, 0.3) is 0 Å². The van der Waals surface area contributed by atoms with Crippen molar-refractivity contribution in [3.05, 3.63) is 78.5 Å². The number of nitrogens with one attached hydrogen (secondary N) is 2. The number of rotatable bonds is 5. The first-order valence-corrected chi connectivity index (χ1v) is 10.8. The lowest BCUT2D eigenvalue weighted by atomic mass is 10.0. The van der Waals surface area contributed by atoms with Crippen molar-refractivity contribution in [2.45, 2.75) is 12.1 Å². The van der Waals surface area contributed by atoms with E-state index in [4.69, 9.17) is 16.6 Å². The zero-order valence-electron chi connectivity index (χ0n) is 14.9. The Labute approximate surface area is 168 Å². The average Bonchev–Trinajstić information content (AvgIpc) is 3.29. The molecule has 0 amide bonds. The number of thiocarbonyl (C=S) groups is 1. The van der Waals surface area contributed by atoms with Crippen molar-refractivity contribution in [3.8, 4) is 0 Å². The van der Waals surface area contributed by atoms with Gasteiger partial charge in [0.15, 0.2) is 5.11 Å². The van der Waals surface area contributed by atoms with Crippen molar-refractivity contribution >= 4 is 38.7 Å². The predicted molar refractivity (Wildman–Crippen MR) is 112 cm³/mol. The highest BCUT2D eigenvalue weighted by Crippen LogP contribution is 2.41. The van der Waals surface area contributed by atoms with Gasteiger partial charge in [0.2, 0.25) is 10.0 Å². The van der Waals surface area contributed by atoms with E-state index in [-0.39, 0.29) is 12.1 Å². The summed E-state index contributed by atoms with van der Waals surface area (Å²) in [6.07, 6.45) is 4.49. The summed E-state index contributed by atoms with van der Waals surface area (Å²) in [5.74, 6) is 0.751. The molecule has 2 atom stereocenters. The number of hydrogen-bond acceptors (Lipinski definition) is 5. The van der Waals surface area contributed by atoms with Gasteiger partial charge in [0.1, 0.15) is 11.8 Å². The zero-order chi connectivity index (χ0) is 19.7. The van der Waals surface area contributed by atoms with Crippen molar-refractivity contribution in [2.24, 2.45) is 0 Å². The molecule has 9 heteroatoms. The normalized spacial score (nSPS) is 19.5. The Morgan fingerprint density at radius 1 is 1.14 bits per heavy atom. The quantitative estimate of drug-likeness (QED) is 0.620. The standard InChI is InChI=1S/C19H18N4O3S2/c1-28(24,25)22-13-7-9-14(10-8-13)23-18(16-6-4-12-26-16)17(21-19(23)27)15-5-2-3-11-20-15/h2-12,17-18,22H,1H3,(H,21,27)/t17-,18+/m1/s1. The number of furan rings is 1. The molecule has 0 aliphatic carbocycles. The average molecular weight is 415 g/mol. The van der Waals surface area contributed by atoms with Crippen molar-refractivity contribution in [3.63, 3.8) is 0 Å². The minimum Gasteiger partial charge on any atom is -0.467 e. The number of nitrogens with zero attached hydrogens (tertiary/aromatic N) is 2. The summed E-state index contributed by atoms with van der Waals surface area (Å²) >= 11 is 5.60. The van der Waals surface area contributed by atoms with Crippen molar-refractivity contribution < 1.29 is 12.8 Å². The summed E-state index contributed by atoms with van der Waals surface area (Å²) in [6.45, 7) is 0. The van der Waals surface area contributed by atoms with Crippen LogP contribution in [0.1, 0.15) is 23.5 Å². The topological polar surface area (TPSA) is 87.5 Å². The first kappa shape index (κ1) is 18.5. The summed E-state index contributed by atoms with van der Waals surface area (Å²) in [6, 6.07) is 16.1. The van der Waals surface area contributed by atoms with Gasteiger partial charge in [0.25, 0.3) is 0 Å². The summed E-state index contributed by atoms with van der Waals surface area (Å²) < 4.78 is 31.0. The fourth-order valence-electron chi connectivity index (χ4n) is 3.29. The lowest BCUT2D eigenvalue weighted by molar-refractivity contribution is 0.432. The van der Waals surface area contributed by atoms with E-state index in [0.717, 1.165) is 23.4 Å². The number of aromatic nitrogens is 1. The van der Waals surface area contributed by atoms with E-state index < -0.39 is 10.0 Å². The smallest absolute Gasteiger partial charge is 0.229 e. The van der Waals surface area contributed by atoms with Crippen LogP contribution < -0.4 is 14.9 Å². The summed E-state index contributed by atoms with van der Waals surface area (Å²) in [5, 5.41) is 3.88. The molecule has 2 aromatic heterocycles. The molecule has 7 nitrogen and oxygen atoms in total. The van der Waals surface area contributed by atoms with Crippen LogP contribution in [0.2, 0.25) is 0 Å². The van der Waals surface area contributed by atoms with Crippen LogP contribution in [0, 0.1) is 0 Å². The Bertz CT molecular complexity index is 1070. The maximum Gasteiger partial charge on any atom is 0.229 e. The van der Waals surface area contributed by atoms with Crippen molar-refractivity contribution in [1.82, 2.24) is 10.3 Å². The summed E-state index contributed by atoms with van der Waals surface area (Å²) in [5.41, 5.74) is 2.15. The molecule has 1 aliphatic heterocycles. The number of sulfonamides is 1. The Hall–Kier alpha value is -2.91. The molecule has 2 N–H and O–H groups in total. The van der Waals surface area contributed by atoms with Gasteiger partial charge in [0, 0.05) is 17.6 Å². The van der Waals surface area contributed by atoms with Gasteiger partial charge in [-0.3, -0.25) is 9.71 Å². The van der Waals surface area contributed by atoms with Crippen LogP contribution in [0.15, 0.2) is 71.5 Å². The Morgan fingerprint density at radius 3 is 2.54 bits per heavy atom. The third-order valence-electron chi connectivity index (χ3n) is 4.38. The lowest BCUT2D eigenvalue weighted by Gasteiger charge is -2.26. The number of pyridine rings is 1. The highest BCUT2D eigenvalue weighted by atomic mass is 32.2.